The first-order chi connectivity index (χ1) is 6.72. The van der Waals surface area contributed by atoms with Crippen molar-refractivity contribution in [1.29, 1.82) is 0 Å². The topological polar surface area (TPSA) is 49.3 Å². The van der Waals surface area contributed by atoms with Gasteiger partial charge in [0.15, 0.2) is 0 Å². The van der Waals surface area contributed by atoms with Crippen LogP contribution in [0.25, 0.3) is 0 Å². The molecule has 0 bridgehead atoms. The fraction of sp³-hybridized carbons (Fsp3) is 0.700. The van der Waals surface area contributed by atoms with Crippen LogP contribution in [-0.2, 0) is 4.79 Å². The summed E-state index contributed by atoms with van der Waals surface area (Å²) in [5.74, 6) is 1.97. The average Bonchev–Trinajstić information content (AvgIpc) is 2.19. The van der Waals surface area contributed by atoms with E-state index in [9.17, 15) is 4.79 Å². The molecule has 0 spiro atoms. The molecule has 3 nitrogen and oxygen atoms in total. The number of carbonyl (C=O) groups excluding carboxylic acids is 1. The van der Waals surface area contributed by atoms with E-state index >= 15 is 0 Å². The first-order valence-corrected chi connectivity index (χ1v) is 6.01. The third-order valence-corrected chi connectivity index (χ3v) is 3.60. The van der Waals surface area contributed by atoms with Gasteiger partial charge >= 0.3 is 0 Å². The molecule has 2 N–H and O–H groups in total. The van der Waals surface area contributed by atoms with Gasteiger partial charge in [0, 0.05) is 12.1 Å². The molecule has 80 valence electrons. The van der Waals surface area contributed by atoms with Gasteiger partial charge in [0.1, 0.15) is 0 Å². The van der Waals surface area contributed by atoms with Crippen molar-refractivity contribution in [3.8, 4) is 0 Å². The lowest BCUT2D eigenvalue weighted by molar-refractivity contribution is -0.118. The molecule has 0 aliphatic carbocycles. The van der Waals surface area contributed by atoms with Crippen molar-refractivity contribution < 1.29 is 9.90 Å². The van der Waals surface area contributed by atoms with Gasteiger partial charge in [-0.2, -0.15) is 11.8 Å². The van der Waals surface area contributed by atoms with E-state index in [-0.39, 0.29) is 18.1 Å². The number of aliphatic hydroxyl groups is 1. The van der Waals surface area contributed by atoms with Crippen LogP contribution in [0, 0.1) is 0 Å². The van der Waals surface area contributed by atoms with Crippen molar-refractivity contribution in [3.05, 3.63) is 12.7 Å². The number of rotatable bonds is 4. The Morgan fingerprint density at radius 3 is 2.71 bits per heavy atom. The van der Waals surface area contributed by atoms with Crippen LogP contribution in [0.5, 0.6) is 0 Å². The zero-order valence-electron chi connectivity index (χ0n) is 8.29. The monoisotopic (exact) mass is 215 g/mol. The summed E-state index contributed by atoms with van der Waals surface area (Å²) in [7, 11) is 0. The summed E-state index contributed by atoms with van der Waals surface area (Å²) in [4.78, 5) is 11.2. The fourth-order valence-electron chi connectivity index (χ4n) is 1.73. The maximum Gasteiger partial charge on any atom is 0.243 e. The summed E-state index contributed by atoms with van der Waals surface area (Å²) in [6.45, 7) is 3.56. The van der Waals surface area contributed by atoms with Crippen molar-refractivity contribution in [1.82, 2.24) is 5.32 Å². The van der Waals surface area contributed by atoms with Crippen LogP contribution in [0.2, 0.25) is 0 Å². The number of hydrogen-bond acceptors (Lipinski definition) is 3. The zero-order chi connectivity index (χ0) is 10.4. The van der Waals surface area contributed by atoms with Crippen LogP contribution in [-0.4, -0.2) is 34.7 Å². The van der Waals surface area contributed by atoms with Gasteiger partial charge < -0.3 is 10.4 Å². The molecular weight excluding hydrogens is 198 g/mol. The molecule has 1 heterocycles. The molecule has 1 aliphatic rings. The van der Waals surface area contributed by atoms with Crippen LogP contribution in [0.4, 0.5) is 0 Å². The van der Waals surface area contributed by atoms with E-state index in [0.29, 0.717) is 6.42 Å². The van der Waals surface area contributed by atoms with Crippen molar-refractivity contribution in [2.45, 2.75) is 24.8 Å². The fourth-order valence-corrected chi connectivity index (χ4v) is 3.00. The summed E-state index contributed by atoms with van der Waals surface area (Å²) in [5.41, 5.74) is -0.189. The minimum Gasteiger partial charge on any atom is -0.396 e. The summed E-state index contributed by atoms with van der Waals surface area (Å²) in [6.07, 6.45) is 3.82. The lowest BCUT2D eigenvalue weighted by Gasteiger charge is -2.37. The molecule has 14 heavy (non-hydrogen) atoms. The minimum absolute atomic E-state index is 0.127. The molecule has 0 radical (unpaired) electrons. The first kappa shape index (κ1) is 11.6. The van der Waals surface area contributed by atoms with Gasteiger partial charge in [0.25, 0.3) is 0 Å². The van der Waals surface area contributed by atoms with Gasteiger partial charge in [-0.25, -0.2) is 0 Å². The predicted molar refractivity (Wildman–Crippen MR) is 59.3 cm³/mol. The first-order valence-electron chi connectivity index (χ1n) is 4.86. The van der Waals surface area contributed by atoms with E-state index in [1.807, 2.05) is 11.8 Å². The molecule has 0 atom stereocenters. The summed E-state index contributed by atoms with van der Waals surface area (Å²) in [6, 6.07) is 0. The van der Waals surface area contributed by atoms with Crippen molar-refractivity contribution in [3.63, 3.8) is 0 Å². The molecule has 1 rings (SSSR count). The highest BCUT2D eigenvalue weighted by Gasteiger charge is 2.32. The molecule has 0 unspecified atom stereocenters. The minimum atomic E-state index is -0.189. The lowest BCUT2D eigenvalue weighted by Crippen LogP contribution is -2.50. The standard InChI is InChI=1S/C10H17NO2S/c1-2-9(13)11-10(3-6-12)4-7-14-8-5-10/h2,12H,1,3-8H2,(H,11,13). The molecule has 1 aliphatic heterocycles. The Bertz CT molecular complexity index is 207. The average molecular weight is 215 g/mol. The third kappa shape index (κ3) is 3.03. The number of aliphatic hydroxyl groups excluding tert-OH is 1. The second-order valence-corrected chi connectivity index (χ2v) is 4.78. The number of carbonyl (C=O) groups is 1. The van der Waals surface area contributed by atoms with E-state index in [2.05, 4.69) is 11.9 Å². The largest absolute Gasteiger partial charge is 0.396 e. The maximum absolute atomic E-state index is 11.2. The predicted octanol–water partition coefficient (Wildman–Crippen LogP) is 0.937. The van der Waals surface area contributed by atoms with E-state index in [1.165, 1.54) is 6.08 Å². The molecule has 0 aromatic heterocycles. The second kappa shape index (κ2) is 5.41. The second-order valence-electron chi connectivity index (χ2n) is 3.56. The number of hydrogen-bond donors (Lipinski definition) is 2. The Balaban J connectivity index is 2.59. The van der Waals surface area contributed by atoms with Gasteiger partial charge in [0.2, 0.25) is 5.91 Å². The zero-order valence-corrected chi connectivity index (χ0v) is 9.11. The third-order valence-electron chi connectivity index (χ3n) is 2.61. The van der Waals surface area contributed by atoms with Crippen LogP contribution in [0.15, 0.2) is 12.7 Å². The van der Waals surface area contributed by atoms with Crippen LogP contribution >= 0.6 is 11.8 Å². The molecule has 0 aromatic rings. The molecule has 0 aromatic carbocycles. The molecule has 1 amide bonds. The Morgan fingerprint density at radius 1 is 1.57 bits per heavy atom. The van der Waals surface area contributed by atoms with Crippen LogP contribution in [0.3, 0.4) is 0 Å². The normalized spacial score (nSPS) is 20.1. The number of thioether (sulfide) groups is 1. The quantitative estimate of drug-likeness (QED) is 0.686. The Morgan fingerprint density at radius 2 is 2.21 bits per heavy atom. The maximum atomic E-state index is 11.2. The van der Waals surface area contributed by atoms with Crippen LogP contribution in [0.1, 0.15) is 19.3 Å². The molecular formula is C10H17NO2S. The van der Waals surface area contributed by atoms with E-state index in [4.69, 9.17) is 5.11 Å². The molecule has 0 saturated carbocycles. The Labute approximate surface area is 89.0 Å². The summed E-state index contributed by atoms with van der Waals surface area (Å²) in [5, 5.41) is 11.9. The Kier molecular flexibility index (Phi) is 4.48. The van der Waals surface area contributed by atoms with Crippen molar-refractivity contribution in [2.75, 3.05) is 18.1 Å². The summed E-state index contributed by atoms with van der Waals surface area (Å²) >= 11 is 1.90. The molecule has 4 heteroatoms. The van der Waals surface area contributed by atoms with Crippen molar-refractivity contribution >= 4 is 17.7 Å². The van der Waals surface area contributed by atoms with Gasteiger partial charge in [-0.3, -0.25) is 4.79 Å². The van der Waals surface area contributed by atoms with Gasteiger partial charge in [-0.15, -0.1) is 0 Å². The Hall–Kier alpha value is -0.480. The highest BCUT2D eigenvalue weighted by molar-refractivity contribution is 7.99. The van der Waals surface area contributed by atoms with Gasteiger partial charge in [-0.05, 0) is 36.8 Å². The SMILES string of the molecule is C=CC(=O)NC1(CCO)CCSCC1. The van der Waals surface area contributed by atoms with Crippen LogP contribution < -0.4 is 5.32 Å². The highest BCUT2D eigenvalue weighted by Crippen LogP contribution is 2.29. The van der Waals surface area contributed by atoms with E-state index in [0.717, 1.165) is 24.3 Å². The molecule has 1 saturated heterocycles. The number of amides is 1. The van der Waals surface area contributed by atoms with Gasteiger partial charge in [0.05, 0.1) is 0 Å². The van der Waals surface area contributed by atoms with Crippen molar-refractivity contribution in [2.24, 2.45) is 0 Å². The summed E-state index contributed by atoms with van der Waals surface area (Å²) < 4.78 is 0. The smallest absolute Gasteiger partial charge is 0.243 e. The van der Waals surface area contributed by atoms with E-state index in [1.54, 1.807) is 0 Å². The lowest BCUT2D eigenvalue weighted by atomic mass is 9.88. The molecule has 1 fully saturated rings. The van der Waals surface area contributed by atoms with Gasteiger partial charge in [-0.1, -0.05) is 6.58 Å². The highest BCUT2D eigenvalue weighted by atomic mass is 32.2. The number of nitrogens with one attached hydrogen (secondary N) is 1. The van der Waals surface area contributed by atoms with E-state index < -0.39 is 0 Å².